The number of aromatic nitrogens is 1. The molecule has 0 radical (unpaired) electrons. The van der Waals surface area contributed by atoms with E-state index in [1.807, 2.05) is 24.3 Å². The second kappa shape index (κ2) is 15.1. The highest BCUT2D eigenvalue weighted by molar-refractivity contribution is 5.88. The minimum atomic E-state index is -1.02. The Hall–Kier alpha value is -4.33. The van der Waals surface area contributed by atoms with Gasteiger partial charge in [-0.15, -0.1) is 0 Å². The molecule has 3 rings (SSSR count). The van der Waals surface area contributed by atoms with Gasteiger partial charge in [0.2, 0.25) is 5.88 Å². The molecule has 2 aromatic rings. The third-order valence-corrected chi connectivity index (χ3v) is 7.11. The van der Waals surface area contributed by atoms with E-state index in [1.54, 1.807) is 54.7 Å². The fourth-order valence-electron chi connectivity index (χ4n) is 4.84. The number of aliphatic carboxylic acids is 1. The van der Waals surface area contributed by atoms with Crippen LogP contribution < -0.4 is 4.74 Å². The third-order valence-electron chi connectivity index (χ3n) is 7.11. The summed E-state index contributed by atoms with van der Waals surface area (Å²) in [7, 11) is 0. The molecule has 1 amide bonds. The van der Waals surface area contributed by atoms with Crippen LogP contribution in [0.3, 0.4) is 0 Å². The molecule has 1 aliphatic heterocycles. The lowest BCUT2D eigenvalue weighted by Gasteiger charge is -2.27. The number of hydrogen-bond donors (Lipinski definition) is 1. The monoisotopic (exact) mass is 624 g/mol. The summed E-state index contributed by atoms with van der Waals surface area (Å²) < 4.78 is 22.2. The molecule has 1 aliphatic rings. The minimum absolute atomic E-state index is 0.133. The zero-order chi connectivity index (χ0) is 33.4. The van der Waals surface area contributed by atoms with Gasteiger partial charge in [0, 0.05) is 30.0 Å². The van der Waals surface area contributed by atoms with Crippen molar-refractivity contribution in [2.75, 3.05) is 19.8 Å². The number of carbonyl (C=O) groups excluding carboxylic acids is 3. The molecule has 11 heteroatoms. The molecular weight excluding hydrogens is 580 g/mol. The van der Waals surface area contributed by atoms with E-state index < -0.39 is 53.1 Å². The predicted octanol–water partition coefficient (Wildman–Crippen LogP) is 5.37. The summed E-state index contributed by atoms with van der Waals surface area (Å²) in [5.74, 6) is 3.66. The van der Waals surface area contributed by atoms with E-state index in [1.165, 1.54) is 4.90 Å². The first-order chi connectivity index (χ1) is 21.1. The van der Waals surface area contributed by atoms with Crippen LogP contribution in [-0.2, 0) is 28.6 Å². The number of unbranched alkanes of at least 4 members (excludes halogenated alkanes) is 1. The van der Waals surface area contributed by atoms with E-state index >= 15 is 0 Å². The number of amides is 1. The number of carboxylic acids is 1. The minimum Gasteiger partial charge on any atom is -0.481 e. The van der Waals surface area contributed by atoms with Crippen LogP contribution in [0.15, 0.2) is 30.5 Å². The molecule has 0 bridgehead atoms. The summed E-state index contributed by atoms with van der Waals surface area (Å²) >= 11 is 0. The predicted molar refractivity (Wildman–Crippen MR) is 166 cm³/mol. The molecule has 0 spiro atoms. The molecule has 1 N–H and O–H groups in total. The first kappa shape index (κ1) is 35.2. The number of ether oxygens (including phenoxy) is 4. The highest BCUT2D eigenvalue weighted by Crippen LogP contribution is 2.31. The number of rotatable bonds is 10. The maximum Gasteiger partial charge on any atom is 0.411 e. The van der Waals surface area contributed by atoms with Crippen molar-refractivity contribution in [1.82, 2.24) is 9.88 Å². The zero-order valence-electron chi connectivity index (χ0n) is 27.2. The molecule has 0 unspecified atom stereocenters. The Kier molecular flexibility index (Phi) is 11.8. The smallest absolute Gasteiger partial charge is 0.411 e. The lowest BCUT2D eigenvalue weighted by molar-refractivity contribution is -0.155. The Morgan fingerprint density at radius 3 is 2.47 bits per heavy atom. The van der Waals surface area contributed by atoms with Crippen LogP contribution in [0.4, 0.5) is 4.79 Å². The molecule has 0 aliphatic carbocycles. The van der Waals surface area contributed by atoms with Gasteiger partial charge in [-0.1, -0.05) is 38.7 Å². The number of esters is 2. The van der Waals surface area contributed by atoms with Crippen molar-refractivity contribution in [2.24, 2.45) is 11.3 Å². The van der Waals surface area contributed by atoms with Crippen molar-refractivity contribution in [3.8, 4) is 17.7 Å². The Morgan fingerprint density at radius 1 is 1.09 bits per heavy atom. The van der Waals surface area contributed by atoms with Gasteiger partial charge in [-0.2, -0.15) is 0 Å². The summed E-state index contributed by atoms with van der Waals surface area (Å²) in [6, 6.07) is 6.68. The van der Waals surface area contributed by atoms with Gasteiger partial charge in [0.25, 0.3) is 0 Å². The Morgan fingerprint density at radius 2 is 1.82 bits per heavy atom. The lowest BCUT2D eigenvalue weighted by Crippen LogP contribution is -2.44. The topological polar surface area (TPSA) is 142 Å². The van der Waals surface area contributed by atoms with Gasteiger partial charge in [0.1, 0.15) is 17.7 Å². The van der Waals surface area contributed by atoms with Gasteiger partial charge in [-0.05, 0) is 63.1 Å². The standard InChI is InChI=1S/C34H44N2O9/c1-8-42-31(40)27-19-24(21-36(27)32(41)45-34(5,6)7)44-29-25-18-22(13-14-23(25)15-16-35-29)12-10-9-11-17-43-28(37)20-26(30(38)39)33(2,3)4/h13-16,18,24,26-27H,8-9,11,17,19-21H2,1-7H3,(H,38,39)/t24-,26-,27+/m1/s1. The van der Waals surface area contributed by atoms with Crippen LogP contribution in [0.2, 0.25) is 0 Å². The molecular formula is C34H44N2O9. The third kappa shape index (κ3) is 10.4. The average Bonchev–Trinajstić information content (AvgIpc) is 3.36. The number of carbonyl (C=O) groups is 4. The quantitative estimate of drug-likeness (QED) is 0.159. The van der Waals surface area contributed by atoms with Gasteiger partial charge in [0.15, 0.2) is 0 Å². The molecule has 244 valence electrons. The molecule has 1 aromatic carbocycles. The van der Waals surface area contributed by atoms with Gasteiger partial charge in [-0.3, -0.25) is 14.5 Å². The number of hydrogen-bond acceptors (Lipinski definition) is 9. The van der Waals surface area contributed by atoms with Crippen molar-refractivity contribution < 1.29 is 43.2 Å². The van der Waals surface area contributed by atoms with E-state index in [9.17, 15) is 24.3 Å². The zero-order valence-corrected chi connectivity index (χ0v) is 27.2. The van der Waals surface area contributed by atoms with E-state index in [2.05, 4.69) is 16.8 Å². The fourth-order valence-corrected chi connectivity index (χ4v) is 4.84. The Bertz CT molecular complexity index is 1450. The molecule has 3 atom stereocenters. The highest BCUT2D eigenvalue weighted by atomic mass is 16.6. The van der Waals surface area contributed by atoms with Crippen molar-refractivity contribution in [3.05, 3.63) is 36.0 Å². The molecule has 45 heavy (non-hydrogen) atoms. The van der Waals surface area contributed by atoms with Gasteiger partial charge < -0.3 is 24.1 Å². The molecule has 1 fully saturated rings. The van der Waals surface area contributed by atoms with Crippen molar-refractivity contribution in [1.29, 1.82) is 0 Å². The van der Waals surface area contributed by atoms with Crippen LogP contribution in [-0.4, -0.2) is 76.5 Å². The number of fused-ring (bicyclic) bond motifs is 1. The molecule has 11 nitrogen and oxygen atoms in total. The van der Waals surface area contributed by atoms with Crippen molar-refractivity contribution >= 4 is 34.8 Å². The van der Waals surface area contributed by atoms with Gasteiger partial charge >= 0.3 is 24.0 Å². The summed E-state index contributed by atoms with van der Waals surface area (Å²) in [5.41, 5.74) is -0.552. The summed E-state index contributed by atoms with van der Waals surface area (Å²) in [5, 5.41) is 11.0. The number of nitrogens with zero attached hydrogens (tertiary/aromatic N) is 2. The van der Waals surface area contributed by atoms with Gasteiger partial charge in [-0.25, -0.2) is 14.6 Å². The van der Waals surface area contributed by atoms with Crippen LogP contribution in [0.1, 0.15) is 79.7 Å². The summed E-state index contributed by atoms with van der Waals surface area (Å²) in [4.78, 5) is 55.0. The first-order valence-corrected chi connectivity index (χ1v) is 15.2. The fraction of sp³-hybridized carbons (Fsp3) is 0.559. The van der Waals surface area contributed by atoms with Crippen molar-refractivity contribution in [3.63, 3.8) is 0 Å². The maximum atomic E-state index is 12.9. The molecule has 1 aromatic heterocycles. The van der Waals surface area contributed by atoms with E-state index in [-0.39, 0.29) is 32.6 Å². The maximum absolute atomic E-state index is 12.9. The van der Waals surface area contributed by atoms with Crippen LogP contribution in [0, 0.1) is 23.2 Å². The summed E-state index contributed by atoms with van der Waals surface area (Å²) in [6.07, 6.45) is 1.54. The normalized spacial score (nSPS) is 17.2. The second-order valence-electron chi connectivity index (χ2n) is 13.0. The molecule has 0 saturated carbocycles. The number of likely N-dealkylation sites (tertiary alicyclic amines) is 1. The summed E-state index contributed by atoms with van der Waals surface area (Å²) in [6.45, 7) is 12.8. The lowest BCUT2D eigenvalue weighted by atomic mass is 9.79. The number of pyridine rings is 1. The average molecular weight is 625 g/mol. The van der Waals surface area contributed by atoms with Crippen LogP contribution in [0.5, 0.6) is 5.88 Å². The second-order valence-corrected chi connectivity index (χ2v) is 13.0. The Labute approximate surface area is 264 Å². The SMILES string of the molecule is CCOC(=O)[C@@H]1C[C@@H](Oc2nccc3ccc(C#CCCCOC(=O)C[C@H](C(=O)O)C(C)(C)C)cc23)CN1C(=O)OC(C)(C)C. The first-order valence-electron chi connectivity index (χ1n) is 15.2. The van der Waals surface area contributed by atoms with Gasteiger partial charge in [0.05, 0.1) is 32.1 Å². The van der Waals surface area contributed by atoms with Crippen molar-refractivity contribution in [2.45, 2.75) is 91.9 Å². The van der Waals surface area contributed by atoms with Crippen LogP contribution >= 0.6 is 0 Å². The Balaban J connectivity index is 1.64. The van der Waals surface area contributed by atoms with E-state index in [0.717, 1.165) is 16.3 Å². The van der Waals surface area contributed by atoms with E-state index in [0.29, 0.717) is 18.7 Å². The molecule has 2 heterocycles. The number of carboxylic acid groups (broad SMARTS) is 1. The van der Waals surface area contributed by atoms with Crippen LogP contribution in [0.25, 0.3) is 10.8 Å². The molecule has 1 saturated heterocycles. The highest BCUT2D eigenvalue weighted by Gasteiger charge is 2.43. The van der Waals surface area contributed by atoms with E-state index in [4.69, 9.17) is 18.9 Å². The largest absolute Gasteiger partial charge is 0.481 e. The number of benzene rings is 1.